The Morgan fingerprint density at radius 3 is 0.902 bits per heavy atom. The number of unbranched alkanes of at least 4 members (excludes halogenated alkanes) is 30. The van der Waals surface area contributed by atoms with Crippen LogP contribution in [0, 0.1) is 0 Å². The van der Waals surface area contributed by atoms with E-state index in [1.54, 1.807) is 0 Å². The highest BCUT2D eigenvalue weighted by Crippen LogP contribution is 2.29. The Morgan fingerprint density at radius 2 is 0.647 bits per heavy atom. The lowest BCUT2D eigenvalue weighted by Crippen LogP contribution is -2.08. The van der Waals surface area contributed by atoms with Crippen LogP contribution < -0.4 is 0 Å². The Hall–Kier alpha value is -0.800. The van der Waals surface area contributed by atoms with Crippen molar-refractivity contribution in [3.8, 4) is 0 Å². The molecule has 1 heterocycles. The van der Waals surface area contributed by atoms with Gasteiger partial charge in [-0.05, 0) is 12.8 Å². The first kappa shape index (κ1) is 48.2. The van der Waals surface area contributed by atoms with Gasteiger partial charge in [0.25, 0.3) is 0 Å². The van der Waals surface area contributed by atoms with E-state index in [0.717, 1.165) is 34.4 Å². The maximum absolute atomic E-state index is 12.1. The van der Waals surface area contributed by atoms with Crippen molar-refractivity contribution < 1.29 is 19.1 Å². The Balaban J connectivity index is 1.85. The third kappa shape index (κ3) is 34.7. The summed E-state index contributed by atoms with van der Waals surface area (Å²) in [4.78, 5) is 24.3. The van der Waals surface area contributed by atoms with E-state index in [0.29, 0.717) is 13.2 Å². The lowest BCUT2D eigenvalue weighted by molar-refractivity contribution is -0.141. The SMILES string of the molecule is CCCCCCCCCCCCCCCCCCOC(=O)CSc1nnc(SCC(=O)OCCCCCCCCCCCCCCCCCC)s1. The fourth-order valence-electron chi connectivity index (χ4n) is 6.31. The molecule has 0 atom stereocenters. The molecule has 0 bridgehead atoms. The zero-order chi connectivity index (χ0) is 36.7. The largest absolute Gasteiger partial charge is 0.465 e. The van der Waals surface area contributed by atoms with Gasteiger partial charge < -0.3 is 9.47 Å². The summed E-state index contributed by atoms with van der Waals surface area (Å²) < 4.78 is 12.3. The molecule has 0 amide bonds. The molecule has 6 nitrogen and oxygen atoms in total. The molecular weight excluding hydrogens is 693 g/mol. The molecule has 0 aliphatic carbocycles. The normalized spacial score (nSPS) is 11.3. The van der Waals surface area contributed by atoms with Crippen LogP contribution in [0.3, 0.4) is 0 Å². The number of nitrogens with zero attached hydrogens (tertiary/aromatic N) is 2. The predicted molar refractivity (Wildman–Crippen MR) is 222 cm³/mol. The lowest BCUT2D eigenvalue weighted by atomic mass is 10.0. The second-order valence-corrected chi connectivity index (χ2v) is 17.9. The van der Waals surface area contributed by atoms with Gasteiger partial charge in [0.05, 0.1) is 24.7 Å². The van der Waals surface area contributed by atoms with Gasteiger partial charge in [0, 0.05) is 0 Å². The van der Waals surface area contributed by atoms with E-state index in [1.807, 2.05) is 0 Å². The smallest absolute Gasteiger partial charge is 0.316 e. The van der Waals surface area contributed by atoms with Crippen LogP contribution in [0.5, 0.6) is 0 Å². The Morgan fingerprint density at radius 1 is 0.412 bits per heavy atom. The van der Waals surface area contributed by atoms with E-state index in [9.17, 15) is 9.59 Å². The maximum Gasteiger partial charge on any atom is 0.316 e. The molecule has 0 N–H and O–H groups in total. The Bertz CT molecular complexity index is 833. The molecule has 51 heavy (non-hydrogen) atoms. The number of thioether (sulfide) groups is 2. The van der Waals surface area contributed by atoms with Crippen LogP contribution in [0.2, 0.25) is 0 Å². The van der Waals surface area contributed by atoms with Crippen LogP contribution in [0.25, 0.3) is 0 Å². The van der Waals surface area contributed by atoms with Gasteiger partial charge in [0.15, 0.2) is 8.68 Å². The molecule has 0 aromatic carbocycles. The molecule has 1 aromatic rings. The molecule has 0 saturated carbocycles. The van der Waals surface area contributed by atoms with Gasteiger partial charge in [-0.3, -0.25) is 9.59 Å². The summed E-state index contributed by atoms with van der Waals surface area (Å²) in [6.07, 6.45) is 42.6. The summed E-state index contributed by atoms with van der Waals surface area (Å²) in [5.41, 5.74) is 0. The minimum absolute atomic E-state index is 0.206. The van der Waals surface area contributed by atoms with Crippen LogP contribution in [-0.4, -0.2) is 46.9 Å². The predicted octanol–water partition coefficient (Wildman–Crippen LogP) is 14.3. The molecule has 0 aliphatic heterocycles. The molecule has 1 aromatic heterocycles. The van der Waals surface area contributed by atoms with Crippen molar-refractivity contribution in [3.63, 3.8) is 0 Å². The van der Waals surface area contributed by atoms with Crippen LogP contribution in [0.15, 0.2) is 8.68 Å². The molecule has 0 radical (unpaired) electrons. The number of esters is 2. The molecule has 298 valence electrons. The molecule has 0 unspecified atom stereocenters. The fourth-order valence-corrected chi connectivity index (χ4v) is 8.93. The van der Waals surface area contributed by atoms with Crippen molar-refractivity contribution in [1.29, 1.82) is 0 Å². The summed E-state index contributed by atoms with van der Waals surface area (Å²) in [6.45, 7) is 5.55. The minimum Gasteiger partial charge on any atom is -0.465 e. The Labute approximate surface area is 327 Å². The van der Waals surface area contributed by atoms with E-state index in [-0.39, 0.29) is 23.4 Å². The quantitative estimate of drug-likeness (QED) is 0.0371. The van der Waals surface area contributed by atoms with Gasteiger partial charge >= 0.3 is 11.9 Å². The second kappa shape index (κ2) is 38.9. The van der Waals surface area contributed by atoms with Gasteiger partial charge in [0.2, 0.25) is 0 Å². The first-order chi connectivity index (χ1) is 25.2. The highest BCUT2D eigenvalue weighted by Gasteiger charge is 2.12. The van der Waals surface area contributed by atoms with Crippen LogP contribution in [0.4, 0.5) is 0 Å². The monoisotopic (exact) mass is 771 g/mol. The standard InChI is InChI=1S/C42H78N2O4S3/c1-3-5-7-9-11-13-15-17-19-21-23-25-27-29-31-33-35-47-39(45)37-49-41-43-44-42(51-41)50-38-40(46)48-36-34-32-30-28-26-24-22-20-18-16-14-12-10-8-6-4-2/h3-38H2,1-2H3. The van der Waals surface area contributed by atoms with Crippen molar-refractivity contribution in [2.75, 3.05) is 24.7 Å². The van der Waals surface area contributed by atoms with Crippen molar-refractivity contribution in [3.05, 3.63) is 0 Å². The van der Waals surface area contributed by atoms with Gasteiger partial charge in [-0.2, -0.15) is 0 Å². The number of aromatic nitrogens is 2. The van der Waals surface area contributed by atoms with Crippen molar-refractivity contribution in [1.82, 2.24) is 10.2 Å². The molecule has 0 fully saturated rings. The average Bonchev–Trinajstić information content (AvgIpc) is 3.60. The molecule has 9 heteroatoms. The fraction of sp³-hybridized carbons (Fsp3) is 0.905. The van der Waals surface area contributed by atoms with E-state index in [4.69, 9.17) is 9.47 Å². The zero-order valence-electron chi connectivity index (χ0n) is 33.2. The molecule has 0 spiro atoms. The number of ether oxygens (including phenoxy) is 2. The first-order valence-corrected chi connectivity index (χ1v) is 24.3. The topological polar surface area (TPSA) is 78.4 Å². The highest BCUT2D eigenvalue weighted by molar-refractivity contribution is 8.03. The third-order valence-electron chi connectivity index (χ3n) is 9.54. The van der Waals surface area contributed by atoms with Crippen molar-refractivity contribution in [2.24, 2.45) is 0 Å². The molecule has 0 saturated heterocycles. The number of carbonyl (C=O) groups is 2. The minimum atomic E-state index is -0.206. The van der Waals surface area contributed by atoms with Gasteiger partial charge in [-0.25, -0.2) is 0 Å². The number of hydrogen-bond acceptors (Lipinski definition) is 9. The summed E-state index contributed by atoms with van der Waals surface area (Å²) >= 11 is 4.10. The number of hydrogen-bond donors (Lipinski definition) is 0. The molecular formula is C42H78N2O4S3. The average molecular weight is 771 g/mol. The Kier molecular flexibility index (Phi) is 36.8. The van der Waals surface area contributed by atoms with Gasteiger partial charge in [0.1, 0.15) is 0 Å². The summed E-state index contributed by atoms with van der Waals surface area (Å²) in [6, 6.07) is 0. The zero-order valence-corrected chi connectivity index (χ0v) is 35.7. The van der Waals surface area contributed by atoms with Crippen LogP contribution in [0.1, 0.15) is 219 Å². The summed E-state index contributed by atoms with van der Waals surface area (Å²) in [5.74, 6) is 0.0602. The second-order valence-electron chi connectivity index (χ2n) is 14.5. The van der Waals surface area contributed by atoms with Crippen molar-refractivity contribution in [2.45, 2.75) is 228 Å². The van der Waals surface area contributed by atoms with E-state index in [1.165, 1.54) is 215 Å². The van der Waals surface area contributed by atoms with E-state index < -0.39 is 0 Å². The first-order valence-electron chi connectivity index (χ1n) is 21.6. The summed E-state index contributed by atoms with van der Waals surface area (Å²) in [7, 11) is 0. The number of carbonyl (C=O) groups excluding carboxylic acids is 2. The molecule has 0 aliphatic rings. The third-order valence-corrected chi connectivity index (χ3v) is 12.7. The highest BCUT2D eigenvalue weighted by atomic mass is 32.2. The van der Waals surface area contributed by atoms with Crippen molar-refractivity contribution >= 4 is 46.8 Å². The van der Waals surface area contributed by atoms with Gasteiger partial charge in [-0.1, -0.05) is 241 Å². The lowest BCUT2D eigenvalue weighted by Gasteiger charge is -2.05. The van der Waals surface area contributed by atoms with Crippen LogP contribution >= 0.6 is 34.9 Å². The summed E-state index contributed by atoms with van der Waals surface area (Å²) in [5, 5.41) is 8.30. The van der Waals surface area contributed by atoms with E-state index >= 15 is 0 Å². The van der Waals surface area contributed by atoms with Gasteiger partial charge in [-0.15, -0.1) is 10.2 Å². The van der Waals surface area contributed by atoms with E-state index in [2.05, 4.69) is 24.0 Å². The molecule has 1 rings (SSSR count). The number of rotatable bonds is 40. The maximum atomic E-state index is 12.1. The van der Waals surface area contributed by atoms with Crippen LogP contribution in [-0.2, 0) is 19.1 Å².